The van der Waals surface area contributed by atoms with Crippen molar-refractivity contribution in [1.29, 1.82) is 0 Å². The van der Waals surface area contributed by atoms with Gasteiger partial charge in [0.15, 0.2) is 0 Å². The van der Waals surface area contributed by atoms with Crippen molar-refractivity contribution < 1.29 is 14.3 Å². The van der Waals surface area contributed by atoms with Crippen molar-refractivity contribution >= 4 is 23.6 Å². The van der Waals surface area contributed by atoms with E-state index in [0.717, 1.165) is 31.2 Å². The number of ether oxygens (including phenoxy) is 1. The van der Waals surface area contributed by atoms with E-state index in [1.54, 1.807) is 30.3 Å². The molecule has 1 saturated carbocycles. The summed E-state index contributed by atoms with van der Waals surface area (Å²) in [4.78, 5) is 24.8. The Morgan fingerprint density at radius 3 is 1.91 bits per heavy atom. The Labute approximate surface area is 192 Å². The van der Waals surface area contributed by atoms with Crippen molar-refractivity contribution in [3.05, 3.63) is 71.8 Å². The van der Waals surface area contributed by atoms with Crippen molar-refractivity contribution in [3.8, 4) is 0 Å². The topological polar surface area (TPSA) is 55.4 Å². The Morgan fingerprint density at radius 2 is 1.31 bits per heavy atom. The lowest BCUT2D eigenvalue weighted by Crippen LogP contribution is -2.19. The maximum absolute atomic E-state index is 12.7. The minimum atomic E-state index is -0.274. The molecular formula is C28H35NO3. The van der Waals surface area contributed by atoms with Gasteiger partial charge in [0.1, 0.15) is 6.10 Å². The monoisotopic (exact) mass is 433 g/mol. The van der Waals surface area contributed by atoms with E-state index < -0.39 is 0 Å². The molecule has 0 unspecified atom stereocenters. The molecule has 3 rings (SSSR count). The third kappa shape index (κ3) is 8.70. The average Bonchev–Trinajstić information content (AvgIpc) is 2.80. The van der Waals surface area contributed by atoms with E-state index >= 15 is 0 Å². The number of amides is 1. The standard InChI is InChI=1S/C28H35NO3/c30-27(22-17-23-13-9-8-10-14-23)29-25-20-18-24(19-21-25)28(31)32-26-15-11-6-4-2-1-3-5-7-12-16-26/h8-10,13-14,17-22,26H,1-7,11-12,15-16H2,(H,29,30)/b22-17+. The lowest BCUT2D eigenvalue weighted by Gasteiger charge is -2.19. The normalized spacial score (nSPS) is 16.6. The van der Waals surface area contributed by atoms with Gasteiger partial charge in [0, 0.05) is 11.8 Å². The number of hydrogen-bond donors (Lipinski definition) is 1. The highest BCUT2D eigenvalue weighted by atomic mass is 16.5. The average molecular weight is 434 g/mol. The zero-order valence-electron chi connectivity index (χ0n) is 18.9. The molecule has 0 heterocycles. The largest absolute Gasteiger partial charge is 0.459 e. The van der Waals surface area contributed by atoms with Gasteiger partial charge < -0.3 is 10.1 Å². The van der Waals surface area contributed by atoms with Crippen LogP contribution in [0.4, 0.5) is 5.69 Å². The highest BCUT2D eigenvalue weighted by molar-refractivity contribution is 6.02. The molecule has 0 atom stereocenters. The van der Waals surface area contributed by atoms with Crippen molar-refractivity contribution in [2.75, 3.05) is 5.32 Å². The molecule has 0 aromatic heterocycles. The zero-order valence-corrected chi connectivity index (χ0v) is 18.9. The van der Waals surface area contributed by atoms with Gasteiger partial charge >= 0.3 is 5.97 Å². The number of carbonyl (C=O) groups excluding carboxylic acids is 2. The van der Waals surface area contributed by atoms with Gasteiger partial charge in [-0.25, -0.2) is 4.79 Å². The van der Waals surface area contributed by atoms with Crippen LogP contribution in [-0.4, -0.2) is 18.0 Å². The second kappa shape index (κ2) is 13.5. The number of hydrogen-bond acceptors (Lipinski definition) is 3. The molecule has 170 valence electrons. The smallest absolute Gasteiger partial charge is 0.338 e. The second-order valence-corrected chi connectivity index (χ2v) is 8.60. The molecule has 1 amide bonds. The van der Waals surface area contributed by atoms with Gasteiger partial charge in [0.05, 0.1) is 5.56 Å². The van der Waals surface area contributed by atoms with Gasteiger partial charge in [-0.3, -0.25) is 4.79 Å². The first-order valence-electron chi connectivity index (χ1n) is 12.1. The molecule has 0 bridgehead atoms. The number of benzene rings is 2. The van der Waals surface area contributed by atoms with E-state index in [2.05, 4.69) is 5.32 Å². The maximum atomic E-state index is 12.7. The van der Waals surface area contributed by atoms with E-state index in [1.807, 2.05) is 30.3 Å². The molecule has 0 saturated heterocycles. The first-order chi connectivity index (χ1) is 15.7. The van der Waals surface area contributed by atoms with Gasteiger partial charge in [-0.1, -0.05) is 75.3 Å². The minimum Gasteiger partial charge on any atom is -0.459 e. The van der Waals surface area contributed by atoms with Crippen LogP contribution in [0.15, 0.2) is 60.7 Å². The fourth-order valence-electron chi connectivity index (χ4n) is 4.07. The van der Waals surface area contributed by atoms with Crippen LogP contribution in [0, 0.1) is 0 Å². The van der Waals surface area contributed by atoms with Crippen LogP contribution in [0.2, 0.25) is 0 Å². The van der Waals surface area contributed by atoms with Gasteiger partial charge in [0.25, 0.3) is 0 Å². The summed E-state index contributed by atoms with van der Waals surface area (Å²) in [6, 6.07) is 16.6. The summed E-state index contributed by atoms with van der Waals surface area (Å²) in [5.41, 5.74) is 2.14. The number of carbonyl (C=O) groups is 2. The maximum Gasteiger partial charge on any atom is 0.338 e. The van der Waals surface area contributed by atoms with E-state index in [0.29, 0.717) is 11.3 Å². The highest BCUT2D eigenvalue weighted by Gasteiger charge is 2.16. The Morgan fingerprint density at radius 1 is 0.750 bits per heavy atom. The number of esters is 1. The summed E-state index contributed by atoms with van der Waals surface area (Å²) in [6.45, 7) is 0. The molecule has 1 N–H and O–H groups in total. The SMILES string of the molecule is O=C(/C=C/c1ccccc1)Nc1ccc(C(=O)OC2CCCCCCCCCCC2)cc1. The minimum absolute atomic E-state index is 0.00410. The van der Waals surface area contributed by atoms with Crippen LogP contribution < -0.4 is 5.32 Å². The third-order valence-electron chi connectivity index (χ3n) is 5.94. The summed E-state index contributed by atoms with van der Waals surface area (Å²) in [5, 5.41) is 2.82. The molecule has 4 heteroatoms. The fraction of sp³-hybridized carbons (Fsp3) is 0.429. The van der Waals surface area contributed by atoms with Crippen LogP contribution in [0.5, 0.6) is 0 Å². The van der Waals surface area contributed by atoms with Gasteiger partial charge in [-0.15, -0.1) is 0 Å². The molecule has 1 aliphatic rings. The Hall–Kier alpha value is -2.88. The Balaban J connectivity index is 1.49. The third-order valence-corrected chi connectivity index (χ3v) is 5.94. The summed E-state index contributed by atoms with van der Waals surface area (Å²) in [5.74, 6) is -0.485. The lowest BCUT2D eigenvalue weighted by molar-refractivity contribution is -0.111. The van der Waals surface area contributed by atoms with Gasteiger partial charge in [0.2, 0.25) is 5.91 Å². The van der Waals surface area contributed by atoms with Crippen molar-refractivity contribution in [2.24, 2.45) is 0 Å². The molecule has 0 spiro atoms. The number of anilines is 1. The first kappa shape index (κ1) is 23.8. The van der Waals surface area contributed by atoms with E-state index in [9.17, 15) is 9.59 Å². The predicted molar refractivity (Wildman–Crippen MR) is 131 cm³/mol. The summed E-state index contributed by atoms with van der Waals surface area (Å²) in [6.07, 6.45) is 16.5. The van der Waals surface area contributed by atoms with E-state index in [4.69, 9.17) is 4.74 Å². The quantitative estimate of drug-likeness (QED) is 0.402. The second-order valence-electron chi connectivity index (χ2n) is 8.60. The Kier molecular flexibility index (Phi) is 10.0. The Bertz CT molecular complexity index is 846. The van der Waals surface area contributed by atoms with Crippen LogP contribution in [-0.2, 0) is 9.53 Å². The first-order valence-corrected chi connectivity index (χ1v) is 12.1. The summed E-state index contributed by atoms with van der Waals surface area (Å²) < 4.78 is 5.85. The molecule has 2 aromatic carbocycles. The molecule has 0 radical (unpaired) electrons. The van der Waals surface area contributed by atoms with Crippen molar-refractivity contribution in [3.63, 3.8) is 0 Å². The molecule has 2 aromatic rings. The fourth-order valence-corrected chi connectivity index (χ4v) is 4.07. The zero-order chi connectivity index (χ0) is 22.4. The number of nitrogens with one attached hydrogen (secondary N) is 1. The molecule has 1 fully saturated rings. The number of rotatable bonds is 5. The van der Waals surface area contributed by atoms with Crippen LogP contribution in [0.3, 0.4) is 0 Å². The lowest BCUT2D eigenvalue weighted by atomic mass is 9.99. The predicted octanol–water partition coefficient (Wildman–Crippen LogP) is 7.17. The molecule has 1 aliphatic carbocycles. The summed E-state index contributed by atoms with van der Waals surface area (Å²) >= 11 is 0. The molecule has 32 heavy (non-hydrogen) atoms. The van der Waals surface area contributed by atoms with Gasteiger partial charge in [-0.2, -0.15) is 0 Å². The van der Waals surface area contributed by atoms with Crippen molar-refractivity contribution in [1.82, 2.24) is 0 Å². The van der Waals surface area contributed by atoms with E-state index in [-0.39, 0.29) is 18.0 Å². The molecule has 4 nitrogen and oxygen atoms in total. The van der Waals surface area contributed by atoms with E-state index in [1.165, 1.54) is 51.0 Å². The molecular weight excluding hydrogens is 398 g/mol. The van der Waals surface area contributed by atoms with Crippen LogP contribution in [0.1, 0.15) is 86.6 Å². The van der Waals surface area contributed by atoms with Crippen LogP contribution >= 0.6 is 0 Å². The van der Waals surface area contributed by atoms with Crippen LogP contribution in [0.25, 0.3) is 6.08 Å². The van der Waals surface area contributed by atoms with Crippen molar-refractivity contribution in [2.45, 2.75) is 76.7 Å². The highest BCUT2D eigenvalue weighted by Crippen LogP contribution is 2.20. The molecule has 0 aliphatic heterocycles. The summed E-state index contributed by atoms with van der Waals surface area (Å²) in [7, 11) is 0. The van der Waals surface area contributed by atoms with Gasteiger partial charge in [-0.05, 0) is 61.6 Å².